The fourth-order valence-corrected chi connectivity index (χ4v) is 1.32. The fraction of sp³-hybridized carbons (Fsp3) is 0.200. The summed E-state index contributed by atoms with van der Waals surface area (Å²) in [5.41, 5.74) is 3.68. The largest absolute Gasteiger partial charge is 0.489 e. The summed E-state index contributed by atoms with van der Waals surface area (Å²) in [6.07, 6.45) is 0. The van der Waals surface area contributed by atoms with Gasteiger partial charge >= 0.3 is 0 Å². The van der Waals surface area contributed by atoms with Crippen molar-refractivity contribution in [3.63, 3.8) is 0 Å². The zero-order valence-electron chi connectivity index (χ0n) is 6.55. The van der Waals surface area contributed by atoms with E-state index < -0.39 is 0 Å². The molecule has 0 spiro atoms. The highest BCUT2D eigenvalue weighted by atomic mass is 16.5. The van der Waals surface area contributed by atoms with Crippen molar-refractivity contribution in [2.45, 2.75) is 13.5 Å². The molecule has 11 heavy (non-hydrogen) atoms. The maximum Gasteiger partial charge on any atom is 0.120 e. The lowest BCUT2D eigenvalue weighted by molar-refractivity contribution is 0.286. The smallest absolute Gasteiger partial charge is 0.120 e. The molecule has 0 aromatic heterocycles. The van der Waals surface area contributed by atoms with Crippen LogP contribution in [0.2, 0.25) is 0 Å². The van der Waals surface area contributed by atoms with Gasteiger partial charge in [0, 0.05) is 11.1 Å². The number of hydrogen-bond donors (Lipinski definition) is 0. The molecule has 2 rings (SSSR count). The third kappa shape index (κ3) is 0.929. The number of ether oxygens (including phenoxy) is 1. The molecule has 0 saturated heterocycles. The second-order valence-corrected chi connectivity index (χ2v) is 2.87. The van der Waals surface area contributed by atoms with E-state index in [0.29, 0.717) is 6.61 Å². The molecule has 0 amide bonds. The Morgan fingerprint density at radius 3 is 3.09 bits per heavy atom. The number of benzene rings is 1. The summed E-state index contributed by atoms with van der Waals surface area (Å²) in [6, 6.07) is 6.31. The lowest BCUT2D eigenvalue weighted by atomic mass is 10.1. The van der Waals surface area contributed by atoms with Crippen LogP contribution in [-0.4, -0.2) is 0 Å². The molecule has 1 aliphatic heterocycles. The van der Waals surface area contributed by atoms with Crippen LogP contribution in [0.15, 0.2) is 24.8 Å². The minimum Gasteiger partial charge on any atom is -0.489 e. The molecule has 0 saturated carbocycles. The highest BCUT2D eigenvalue weighted by Crippen LogP contribution is 2.28. The van der Waals surface area contributed by atoms with E-state index in [1.54, 1.807) is 0 Å². The summed E-state index contributed by atoms with van der Waals surface area (Å²) in [4.78, 5) is 0. The summed E-state index contributed by atoms with van der Waals surface area (Å²) in [5.74, 6) is 0.809. The molecule has 56 valence electrons. The van der Waals surface area contributed by atoms with Crippen LogP contribution < -0.4 is 0 Å². The topological polar surface area (TPSA) is 9.23 Å². The highest BCUT2D eigenvalue weighted by molar-refractivity contribution is 5.64. The van der Waals surface area contributed by atoms with E-state index in [1.165, 1.54) is 16.7 Å². The second kappa shape index (κ2) is 2.12. The van der Waals surface area contributed by atoms with Gasteiger partial charge in [-0.25, -0.2) is 0 Å². The van der Waals surface area contributed by atoms with E-state index in [9.17, 15) is 0 Å². The first-order valence-corrected chi connectivity index (χ1v) is 3.69. The molecule has 1 aromatic rings. The summed E-state index contributed by atoms with van der Waals surface area (Å²) in [6.45, 7) is 6.58. The third-order valence-corrected chi connectivity index (χ3v) is 1.97. The van der Waals surface area contributed by atoms with Crippen LogP contribution in [-0.2, 0) is 11.3 Å². The fourth-order valence-electron chi connectivity index (χ4n) is 1.32. The maximum absolute atomic E-state index is 5.28. The quantitative estimate of drug-likeness (QED) is 0.546. The zero-order chi connectivity index (χ0) is 7.84. The molecule has 1 aliphatic rings. The number of aryl methyl sites for hydroxylation is 1. The predicted molar refractivity (Wildman–Crippen MR) is 45.0 cm³/mol. The van der Waals surface area contributed by atoms with E-state index in [4.69, 9.17) is 4.74 Å². The van der Waals surface area contributed by atoms with Crippen molar-refractivity contribution < 1.29 is 4.74 Å². The minimum absolute atomic E-state index is 0.689. The minimum atomic E-state index is 0.689. The molecule has 0 bridgehead atoms. The first kappa shape index (κ1) is 6.47. The third-order valence-electron chi connectivity index (χ3n) is 1.97. The Morgan fingerprint density at radius 2 is 2.27 bits per heavy atom. The SMILES string of the molecule is C=C1OCc2ccc(C)cc21. The Bertz CT molecular complexity index is 313. The van der Waals surface area contributed by atoms with Crippen molar-refractivity contribution in [1.29, 1.82) is 0 Å². The Hall–Kier alpha value is -1.24. The lowest BCUT2D eigenvalue weighted by Crippen LogP contribution is -1.81. The van der Waals surface area contributed by atoms with Crippen molar-refractivity contribution in [3.05, 3.63) is 41.5 Å². The highest BCUT2D eigenvalue weighted by Gasteiger charge is 2.14. The van der Waals surface area contributed by atoms with Gasteiger partial charge in [0.05, 0.1) is 0 Å². The standard InChI is InChI=1S/C10H10O/c1-7-3-4-9-6-11-8(2)10(9)5-7/h3-5H,2,6H2,1H3. The average molecular weight is 146 g/mol. The van der Waals surface area contributed by atoms with Crippen molar-refractivity contribution in [2.24, 2.45) is 0 Å². The number of rotatable bonds is 0. The molecular weight excluding hydrogens is 136 g/mol. The van der Waals surface area contributed by atoms with Crippen molar-refractivity contribution in [3.8, 4) is 0 Å². The Balaban J connectivity index is 2.60. The first-order chi connectivity index (χ1) is 5.27. The van der Waals surface area contributed by atoms with Crippen LogP contribution in [0.5, 0.6) is 0 Å². The van der Waals surface area contributed by atoms with Gasteiger partial charge in [-0.15, -0.1) is 0 Å². The van der Waals surface area contributed by atoms with Gasteiger partial charge in [0.1, 0.15) is 12.4 Å². The lowest BCUT2D eigenvalue weighted by Gasteiger charge is -1.96. The molecule has 1 heteroatoms. The molecular formula is C10H10O. The Labute approximate surface area is 66.3 Å². The van der Waals surface area contributed by atoms with E-state index in [-0.39, 0.29) is 0 Å². The molecule has 1 aromatic carbocycles. The van der Waals surface area contributed by atoms with Crippen LogP contribution in [0.1, 0.15) is 16.7 Å². The monoisotopic (exact) mass is 146 g/mol. The van der Waals surface area contributed by atoms with Gasteiger partial charge in [0.25, 0.3) is 0 Å². The Morgan fingerprint density at radius 1 is 1.45 bits per heavy atom. The van der Waals surface area contributed by atoms with E-state index in [1.807, 2.05) is 0 Å². The average Bonchev–Trinajstić information content (AvgIpc) is 2.33. The van der Waals surface area contributed by atoms with Crippen molar-refractivity contribution in [1.82, 2.24) is 0 Å². The second-order valence-electron chi connectivity index (χ2n) is 2.87. The van der Waals surface area contributed by atoms with Gasteiger partial charge < -0.3 is 4.74 Å². The van der Waals surface area contributed by atoms with Crippen LogP contribution in [0.4, 0.5) is 0 Å². The van der Waals surface area contributed by atoms with E-state index in [0.717, 1.165) is 5.76 Å². The number of hydrogen-bond acceptors (Lipinski definition) is 1. The van der Waals surface area contributed by atoms with Gasteiger partial charge in [-0.2, -0.15) is 0 Å². The van der Waals surface area contributed by atoms with Gasteiger partial charge in [0.2, 0.25) is 0 Å². The van der Waals surface area contributed by atoms with Gasteiger partial charge in [-0.05, 0) is 13.0 Å². The molecule has 0 atom stereocenters. The molecule has 0 unspecified atom stereocenters. The van der Waals surface area contributed by atoms with Crippen LogP contribution in [0.3, 0.4) is 0 Å². The summed E-state index contributed by atoms with van der Waals surface area (Å²) >= 11 is 0. The molecule has 0 fully saturated rings. The van der Waals surface area contributed by atoms with Gasteiger partial charge in [0.15, 0.2) is 0 Å². The van der Waals surface area contributed by atoms with E-state index in [2.05, 4.69) is 31.7 Å². The normalized spacial score (nSPS) is 14.5. The van der Waals surface area contributed by atoms with Gasteiger partial charge in [-0.3, -0.25) is 0 Å². The van der Waals surface area contributed by atoms with E-state index >= 15 is 0 Å². The molecule has 0 N–H and O–H groups in total. The zero-order valence-corrected chi connectivity index (χ0v) is 6.55. The van der Waals surface area contributed by atoms with Crippen molar-refractivity contribution in [2.75, 3.05) is 0 Å². The first-order valence-electron chi connectivity index (χ1n) is 3.69. The maximum atomic E-state index is 5.28. The summed E-state index contributed by atoms with van der Waals surface area (Å²) < 4.78 is 5.28. The van der Waals surface area contributed by atoms with Gasteiger partial charge in [-0.1, -0.05) is 24.3 Å². The van der Waals surface area contributed by atoms with Crippen LogP contribution >= 0.6 is 0 Å². The Kier molecular flexibility index (Phi) is 1.25. The summed E-state index contributed by atoms with van der Waals surface area (Å²) in [7, 11) is 0. The summed E-state index contributed by atoms with van der Waals surface area (Å²) in [5, 5.41) is 0. The predicted octanol–water partition coefficient (Wildman–Crippen LogP) is 2.50. The molecule has 1 heterocycles. The molecule has 0 radical (unpaired) electrons. The van der Waals surface area contributed by atoms with Crippen molar-refractivity contribution >= 4 is 5.76 Å². The van der Waals surface area contributed by atoms with Crippen LogP contribution in [0.25, 0.3) is 5.76 Å². The molecule has 1 nitrogen and oxygen atoms in total. The van der Waals surface area contributed by atoms with Crippen LogP contribution in [0, 0.1) is 6.92 Å². The molecule has 0 aliphatic carbocycles. The number of fused-ring (bicyclic) bond motifs is 1.